The molecule has 18 heavy (non-hydrogen) atoms. The molecule has 0 aromatic carbocycles. The van der Waals surface area contributed by atoms with Crippen LogP contribution in [-0.4, -0.2) is 18.3 Å². The van der Waals surface area contributed by atoms with Gasteiger partial charge >= 0.3 is 0 Å². The average molecular weight is 288 g/mol. The maximum absolute atomic E-state index is 9.09. The second-order valence-corrected chi connectivity index (χ2v) is 7.24. The molecule has 0 radical (unpaired) electrons. The highest BCUT2D eigenvalue weighted by Gasteiger charge is 2.40. The molecule has 0 saturated heterocycles. The van der Waals surface area contributed by atoms with Gasteiger partial charge in [0, 0.05) is 24.6 Å². The molecule has 2 rings (SSSR count). The van der Waals surface area contributed by atoms with Crippen molar-refractivity contribution in [3.8, 4) is 0 Å². The summed E-state index contributed by atoms with van der Waals surface area (Å²) in [6.07, 6.45) is 4.85. The first-order valence-corrected chi connectivity index (χ1v) is 7.91. The summed E-state index contributed by atoms with van der Waals surface area (Å²) >= 11 is 7.57. The van der Waals surface area contributed by atoms with Crippen molar-refractivity contribution in [2.24, 2.45) is 11.3 Å². The Morgan fingerprint density at radius 2 is 2.28 bits per heavy atom. The molecule has 1 aliphatic rings. The Morgan fingerprint density at radius 3 is 2.78 bits per heavy atom. The Labute approximate surface area is 118 Å². The molecule has 2 N–H and O–H groups in total. The van der Waals surface area contributed by atoms with E-state index in [1.807, 2.05) is 6.07 Å². The molecule has 1 heterocycles. The van der Waals surface area contributed by atoms with E-state index in [1.54, 1.807) is 11.3 Å². The van der Waals surface area contributed by atoms with Crippen LogP contribution in [0.25, 0.3) is 0 Å². The molecule has 1 saturated carbocycles. The third kappa shape index (κ3) is 3.27. The van der Waals surface area contributed by atoms with Gasteiger partial charge in [0.1, 0.15) is 0 Å². The lowest BCUT2D eigenvalue weighted by atomic mass is 9.60. The van der Waals surface area contributed by atoms with Gasteiger partial charge in [-0.05, 0) is 42.7 Å². The van der Waals surface area contributed by atoms with Crippen molar-refractivity contribution in [3.05, 3.63) is 21.3 Å². The fourth-order valence-electron chi connectivity index (χ4n) is 2.86. The monoisotopic (exact) mass is 287 g/mol. The number of rotatable bonds is 7. The van der Waals surface area contributed by atoms with Gasteiger partial charge in [0.25, 0.3) is 0 Å². The predicted molar refractivity (Wildman–Crippen MR) is 78.2 cm³/mol. The number of nitrogens with one attached hydrogen (secondary N) is 1. The largest absolute Gasteiger partial charge is 0.396 e. The van der Waals surface area contributed by atoms with Crippen LogP contribution in [0.3, 0.4) is 0 Å². The fraction of sp³-hybridized carbons (Fsp3) is 0.714. The average Bonchev–Trinajstić information content (AvgIpc) is 2.68. The van der Waals surface area contributed by atoms with Gasteiger partial charge in [-0.25, -0.2) is 0 Å². The normalized spacial score (nSPS) is 19.5. The molecule has 0 spiro atoms. The first-order chi connectivity index (χ1) is 8.66. The van der Waals surface area contributed by atoms with Crippen LogP contribution in [0.5, 0.6) is 0 Å². The SMILES string of the molecule is C[C@H](CCO)C1(CNCc2ccc(Cl)s2)CCC1. The summed E-state index contributed by atoms with van der Waals surface area (Å²) < 4.78 is 0.860. The van der Waals surface area contributed by atoms with E-state index in [4.69, 9.17) is 16.7 Å². The number of aliphatic hydroxyl groups is 1. The Kier molecular flexibility index (Phi) is 5.07. The first kappa shape index (κ1) is 14.3. The molecule has 1 atom stereocenters. The fourth-order valence-corrected chi connectivity index (χ4v) is 3.91. The van der Waals surface area contributed by atoms with E-state index < -0.39 is 0 Å². The van der Waals surface area contributed by atoms with Crippen molar-refractivity contribution in [1.29, 1.82) is 0 Å². The van der Waals surface area contributed by atoms with E-state index in [-0.39, 0.29) is 0 Å². The van der Waals surface area contributed by atoms with Crippen LogP contribution < -0.4 is 5.32 Å². The zero-order chi connectivity index (χ0) is 13.0. The molecule has 1 aliphatic carbocycles. The summed E-state index contributed by atoms with van der Waals surface area (Å²) in [5.41, 5.74) is 0.420. The van der Waals surface area contributed by atoms with Gasteiger partial charge in [0.05, 0.1) is 4.34 Å². The zero-order valence-electron chi connectivity index (χ0n) is 10.9. The second kappa shape index (κ2) is 6.38. The molecule has 1 aromatic heterocycles. The maximum atomic E-state index is 9.09. The summed E-state index contributed by atoms with van der Waals surface area (Å²) in [4.78, 5) is 1.30. The van der Waals surface area contributed by atoms with E-state index in [0.29, 0.717) is 17.9 Å². The predicted octanol–water partition coefficient (Wildman–Crippen LogP) is 3.68. The highest BCUT2D eigenvalue weighted by Crippen LogP contribution is 2.47. The Morgan fingerprint density at radius 1 is 1.50 bits per heavy atom. The minimum atomic E-state index is 0.309. The quantitative estimate of drug-likeness (QED) is 0.802. The number of thiophene rings is 1. The van der Waals surface area contributed by atoms with Gasteiger partial charge in [-0.1, -0.05) is 24.9 Å². The van der Waals surface area contributed by atoms with Crippen molar-refractivity contribution in [2.75, 3.05) is 13.2 Å². The highest BCUT2D eigenvalue weighted by atomic mass is 35.5. The smallest absolute Gasteiger partial charge is 0.0931 e. The molecule has 2 nitrogen and oxygen atoms in total. The van der Waals surface area contributed by atoms with Crippen LogP contribution >= 0.6 is 22.9 Å². The first-order valence-electron chi connectivity index (χ1n) is 6.72. The zero-order valence-corrected chi connectivity index (χ0v) is 12.5. The number of hydrogen-bond acceptors (Lipinski definition) is 3. The Balaban J connectivity index is 1.80. The molecule has 1 fully saturated rings. The summed E-state index contributed by atoms with van der Waals surface area (Å²) in [6, 6.07) is 4.04. The number of halogens is 1. The van der Waals surface area contributed by atoms with Crippen molar-refractivity contribution in [2.45, 2.75) is 39.2 Å². The van der Waals surface area contributed by atoms with Gasteiger partial charge in [-0.2, -0.15) is 0 Å². The Hall–Kier alpha value is -0.0900. The molecule has 102 valence electrons. The van der Waals surface area contributed by atoms with E-state index in [1.165, 1.54) is 24.1 Å². The molecule has 0 amide bonds. The van der Waals surface area contributed by atoms with Gasteiger partial charge in [-0.3, -0.25) is 0 Å². The highest BCUT2D eigenvalue weighted by molar-refractivity contribution is 7.16. The molecule has 4 heteroatoms. The standard InChI is InChI=1S/C14H22ClNOS/c1-11(5-8-17)14(6-2-7-14)10-16-9-12-3-4-13(15)18-12/h3-4,11,16-17H,2,5-10H2,1H3/t11-/m1/s1. The van der Waals surface area contributed by atoms with Crippen LogP contribution in [0, 0.1) is 11.3 Å². The van der Waals surface area contributed by atoms with E-state index in [9.17, 15) is 0 Å². The van der Waals surface area contributed by atoms with Gasteiger partial charge < -0.3 is 10.4 Å². The lowest BCUT2D eigenvalue weighted by Gasteiger charge is -2.47. The number of aliphatic hydroxyl groups excluding tert-OH is 1. The van der Waals surface area contributed by atoms with Crippen molar-refractivity contribution in [3.63, 3.8) is 0 Å². The lowest BCUT2D eigenvalue weighted by molar-refractivity contribution is 0.0427. The van der Waals surface area contributed by atoms with Crippen molar-refractivity contribution in [1.82, 2.24) is 5.32 Å². The molecular weight excluding hydrogens is 266 g/mol. The minimum Gasteiger partial charge on any atom is -0.396 e. The van der Waals surface area contributed by atoms with Crippen LogP contribution in [0.4, 0.5) is 0 Å². The molecule has 0 aliphatic heterocycles. The third-order valence-electron chi connectivity index (χ3n) is 4.36. The molecule has 0 unspecified atom stereocenters. The van der Waals surface area contributed by atoms with E-state index in [0.717, 1.165) is 23.8 Å². The van der Waals surface area contributed by atoms with E-state index >= 15 is 0 Å². The lowest BCUT2D eigenvalue weighted by Crippen LogP contribution is -2.44. The minimum absolute atomic E-state index is 0.309. The van der Waals surface area contributed by atoms with Crippen LogP contribution in [-0.2, 0) is 6.54 Å². The summed E-state index contributed by atoms with van der Waals surface area (Å²) in [6.45, 7) is 4.55. The maximum Gasteiger partial charge on any atom is 0.0931 e. The van der Waals surface area contributed by atoms with Crippen molar-refractivity contribution >= 4 is 22.9 Å². The summed E-state index contributed by atoms with van der Waals surface area (Å²) in [7, 11) is 0. The molecular formula is C14H22ClNOS. The topological polar surface area (TPSA) is 32.3 Å². The number of hydrogen-bond donors (Lipinski definition) is 2. The third-order valence-corrected chi connectivity index (χ3v) is 5.59. The van der Waals surface area contributed by atoms with Crippen LogP contribution in [0.2, 0.25) is 4.34 Å². The molecule has 0 bridgehead atoms. The van der Waals surface area contributed by atoms with Gasteiger partial charge in [0.15, 0.2) is 0 Å². The van der Waals surface area contributed by atoms with Crippen LogP contribution in [0.15, 0.2) is 12.1 Å². The van der Waals surface area contributed by atoms with Gasteiger partial charge in [0.2, 0.25) is 0 Å². The second-order valence-electron chi connectivity index (χ2n) is 5.44. The summed E-state index contributed by atoms with van der Waals surface area (Å²) in [5.74, 6) is 0.607. The van der Waals surface area contributed by atoms with Crippen molar-refractivity contribution < 1.29 is 5.11 Å². The van der Waals surface area contributed by atoms with E-state index in [2.05, 4.69) is 18.3 Å². The summed E-state index contributed by atoms with van der Waals surface area (Å²) in [5, 5.41) is 12.7. The Bertz CT molecular complexity index is 376. The molecule has 1 aromatic rings. The van der Waals surface area contributed by atoms with Gasteiger partial charge in [-0.15, -0.1) is 11.3 Å². The van der Waals surface area contributed by atoms with Crippen LogP contribution in [0.1, 0.15) is 37.5 Å².